The number of anilines is 1. The predicted octanol–water partition coefficient (Wildman–Crippen LogP) is 3.63. The van der Waals surface area contributed by atoms with Crippen LogP contribution in [0.25, 0.3) is 28.0 Å². The van der Waals surface area contributed by atoms with Crippen molar-refractivity contribution in [3.05, 3.63) is 96.4 Å². The molecule has 5 aromatic rings. The summed E-state index contributed by atoms with van der Waals surface area (Å²) in [7, 11) is -3.91. The smallest absolute Gasteiger partial charge is 0.239 e. The fourth-order valence-corrected chi connectivity index (χ4v) is 4.88. The normalized spacial score (nSPS) is 13.4. The molecule has 2 aromatic carbocycles. The summed E-state index contributed by atoms with van der Waals surface area (Å²) in [6.45, 7) is 1.44. The first-order valence-corrected chi connectivity index (χ1v) is 12.3. The summed E-state index contributed by atoms with van der Waals surface area (Å²) >= 11 is 0. The molecule has 168 valence electrons. The average Bonchev–Trinajstić information content (AvgIpc) is 3.48. The fourth-order valence-electron chi connectivity index (χ4n) is 4.38. The Balaban J connectivity index is 1.56. The Morgan fingerprint density at radius 1 is 0.853 bits per heavy atom. The number of hydrogen-bond acceptors (Lipinski definition) is 6. The Morgan fingerprint density at radius 2 is 1.56 bits per heavy atom. The number of sulfonamides is 1. The Hall–Kier alpha value is -4.08. The molecule has 0 unspecified atom stereocenters. The van der Waals surface area contributed by atoms with Crippen LogP contribution in [0, 0.1) is 0 Å². The van der Waals surface area contributed by atoms with Crippen molar-refractivity contribution in [2.75, 3.05) is 4.90 Å². The molecular weight excluding hydrogens is 448 g/mol. The average molecular weight is 469 g/mol. The standard InChI is InChI=1S/C25H20N6O2S/c26-34(32,33)21-12-20(13-27-14-21)24-28-25(30-15-18-8-4-5-9-19(18)16-30)23-22(10-11-31(23)29-24)17-6-2-1-3-7-17/h1-14H,15-16H2,(H2,26,32,33). The van der Waals surface area contributed by atoms with Gasteiger partial charge in [-0.1, -0.05) is 54.6 Å². The van der Waals surface area contributed by atoms with Gasteiger partial charge in [-0.25, -0.2) is 23.1 Å². The number of nitrogens with zero attached hydrogens (tertiary/aromatic N) is 5. The van der Waals surface area contributed by atoms with Crippen molar-refractivity contribution in [1.82, 2.24) is 19.6 Å². The molecule has 6 rings (SSSR count). The molecule has 0 atom stereocenters. The number of aromatic nitrogens is 4. The Bertz CT molecular complexity index is 1620. The SMILES string of the molecule is NS(=O)(=O)c1cncc(-c2nc(N3Cc4ccccc4C3)c3c(-c4ccccc4)ccn3n2)c1. The first-order chi connectivity index (χ1) is 16.5. The number of fused-ring (bicyclic) bond motifs is 2. The van der Waals surface area contributed by atoms with Gasteiger partial charge in [-0.05, 0) is 28.8 Å². The molecule has 0 spiro atoms. The Morgan fingerprint density at radius 3 is 2.26 bits per heavy atom. The molecule has 0 saturated carbocycles. The molecule has 8 nitrogen and oxygen atoms in total. The van der Waals surface area contributed by atoms with Crippen LogP contribution in [0.4, 0.5) is 5.82 Å². The highest BCUT2D eigenvalue weighted by Crippen LogP contribution is 2.36. The minimum Gasteiger partial charge on any atom is -0.346 e. The molecule has 9 heteroatoms. The number of hydrogen-bond donors (Lipinski definition) is 1. The lowest BCUT2D eigenvalue weighted by Gasteiger charge is -2.19. The molecule has 1 aliphatic heterocycles. The molecule has 4 heterocycles. The van der Waals surface area contributed by atoms with Crippen LogP contribution in [0.1, 0.15) is 11.1 Å². The summed E-state index contributed by atoms with van der Waals surface area (Å²) in [5.41, 5.74) is 5.96. The van der Waals surface area contributed by atoms with Crippen LogP contribution in [0.2, 0.25) is 0 Å². The molecule has 0 amide bonds. The minimum atomic E-state index is -3.91. The van der Waals surface area contributed by atoms with Gasteiger partial charge in [0.05, 0.1) is 0 Å². The van der Waals surface area contributed by atoms with Crippen LogP contribution in [-0.4, -0.2) is 28.0 Å². The number of pyridine rings is 1. The van der Waals surface area contributed by atoms with E-state index in [2.05, 4.69) is 34.1 Å². The number of rotatable bonds is 4. The lowest BCUT2D eigenvalue weighted by molar-refractivity contribution is 0.597. The summed E-state index contributed by atoms with van der Waals surface area (Å²) in [5, 5.41) is 10.0. The number of benzene rings is 2. The third-order valence-electron chi connectivity index (χ3n) is 6.02. The van der Waals surface area contributed by atoms with E-state index < -0.39 is 10.0 Å². The topological polar surface area (TPSA) is 106 Å². The van der Waals surface area contributed by atoms with Gasteiger partial charge >= 0.3 is 0 Å². The highest BCUT2D eigenvalue weighted by atomic mass is 32.2. The molecule has 0 radical (unpaired) electrons. The largest absolute Gasteiger partial charge is 0.346 e. The van der Waals surface area contributed by atoms with Crippen LogP contribution in [0.5, 0.6) is 0 Å². The van der Waals surface area contributed by atoms with E-state index in [0.717, 1.165) is 35.6 Å². The molecule has 34 heavy (non-hydrogen) atoms. The van der Waals surface area contributed by atoms with Crippen LogP contribution in [0.3, 0.4) is 0 Å². The zero-order valence-electron chi connectivity index (χ0n) is 18.0. The van der Waals surface area contributed by atoms with Crippen molar-refractivity contribution in [2.45, 2.75) is 18.0 Å². The Kier molecular flexibility index (Phi) is 4.68. The molecule has 0 fully saturated rings. The number of primary sulfonamides is 1. The van der Waals surface area contributed by atoms with E-state index in [1.165, 1.54) is 23.4 Å². The maximum Gasteiger partial charge on any atom is 0.239 e. The van der Waals surface area contributed by atoms with Crippen molar-refractivity contribution in [3.63, 3.8) is 0 Å². The fraction of sp³-hybridized carbons (Fsp3) is 0.0800. The molecule has 1 aliphatic rings. The van der Waals surface area contributed by atoms with E-state index in [4.69, 9.17) is 15.2 Å². The molecule has 3 aromatic heterocycles. The predicted molar refractivity (Wildman–Crippen MR) is 129 cm³/mol. The summed E-state index contributed by atoms with van der Waals surface area (Å²) < 4.78 is 25.5. The first-order valence-electron chi connectivity index (χ1n) is 10.7. The van der Waals surface area contributed by atoms with Gasteiger partial charge < -0.3 is 4.90 Å². The lowest BCUT2D eigenvalue weighted by Crippen LogP contribution is -2.18. The Labute approximate surface area is 196 Å². The van der Waals surface area contributed by atoms with E-state index in [1.807, 2.05) is 42.6 Å². The maximum absolute atomic E-state index is 11.9. The van der Waals surface area contributed by atoms with Gasteiger partial charge in [0.15, 0.2) is 11.6 Å². The highest BCUT2D eigenvalue weighted by molar-refractivity contribution is 7.89. The zero-order chi connectivity index (χ0) is 23.3. The van der Waals surface area contributed by atoms with Crippen molar-refractivity contribution in [1.29, 1.82) is 0 Å². The van der Waals surface area contributed by atoms with Gasteiger partial charge in [-0.3, -0.25) is 4.98 Å². The molecule has 0 bridgehead atoms. The monoisotopic (exact) mass is 468 g/mol. The summed E-state index contributed by atoms with van der Waals surface area (Å²) in [5.74, 6) is 1.14. The van der Waals surface area contributed by atoms with E-state index in [1.54, 1.807) is 10.7 Å². The zero-order valence-corrected chi connectivity index (χ0v) is 18.9. The minimum absolute atomic E-state index is 0.0821. The summed E-state index contributed by atoms with van der Waals surface area (Å²) in [4.78, 5) is 11.1. The van der Waals surface area contributed by atoms with Crippen LogP contribution < -0.4 is 10.0 Å². The second-order valence-electron chi connectivity index (χ2n) is 8.23. The molecule has 0 aliphatic carbocycles. The van der Waals surface area contributed by atoms with E-state index in [-0.39, 0.29) is 4.90 Å². The number of nitrogens with two attached hydrogens (primary N) is 1. The van der Waals surface area contributed by atoms with Crippen LogP contribution in [0.15, 0.2) is 90.2 Å². The van der Waals surface area contributed by atoms with Gasteiger partial charge in [0.25, 0.3) is 0 Å². The maximum atomic E-state index is 11.9. The van der Waals surface area contributed by atoms with Crippen molar-refractivity contribution in [3.8, 4) is 22.5 Å². The second-order valence-corrected chi connectivity index (χ2v) is 9.79. The van der Waals surface area contributed by atoms with E-state index in [0.29, 0.717) is 11.4 Å². The third-order valence-corrected chi connectivity index (χ3v) is 6.90. The van der Waals surface area contributed by atoms with E-state index >= 15 is 0 Å². The molecular formula is C25H20N6O2S. The van der Waals surface area contributed by atoms with Crippen molar-refractivity contribution >= 4 is 21.4 Å². The molecule has 2 N–H and O–H groups in total. The van der Waals surface area contributed by atoms with Crippen LogP contribution >= 0.6 is 0 Å². The highest BCUT2D eigenvalue weighted by Gasteiger charge is 2.25. The van der Waals surface area contributed by atoms with Gasteiger partial charge in [0, 0.05) is 42.8 Å². The first kappa shape index (κ1) is 20.5. The summed E-state index contributed by atoms with van der Waals surface area (Å²) in [6.07, 6.45) is 4.66. The van der Waals surface area contributed by atoms with Crippen molar-refractivity contribution < 1.29 is 8.42 Å². The van der Waals surface area contributed by atoms with Gasteiger partial charge in [0.1, 0.15) is 10.4 Å². The third kappa shape index (κ3) is 3.51. The summed E-state index contributed by atoms with van der Waals surface area (Å²) in [6, 6.07) is 21.9. The molecule has 0 saturated heterocycles. The van der Waals surface area contributed by atoms with Crippen LogP contribution in [-0.2, 0) is 23.1 Å². The van der Waals surface area contributed by atoms with Gasteiger partial charge in [0.2, 0.25) is 10.0 Å². The van der Waals surface area contributed by atoms with E-state index in [9.17, 15) is 8.42 Å². The quantitative estimate of drug-likeness (QED) is 0.432. The lowest BCUT2D eigenvalue weighted by atomic mass is 10.1. The second kappa shape index (κ2) is 7.75. The van der Waals surface area contributed by atoms with Gasteiger partial charge in [-0.2, -0.15) is 0 Å². The van der Waals surface area contributed by atoms with Gasteiger partial charge in [-0.15, -0.1) is 5.10 Å². The van der Waals surface area contributed by atoms with Crippen molar-refractivity contribution in [2.24, 2.45) is 5.14 Å².